The van der Waals surface area contributed by atoms with E-state index in [2.05, 4.69) is 21.2 Å². The van der Waals surface area contributed by atoms with Gasteiger partial charge in [-0.15, -0.1) is 0 Å². The Hall–Kier alpha value is -1.73. The van der Waals surface area contributed by atoms with Crippen molar-refractivity contribution in [1.29, 1.82) is 5.26 Å². The second kappa shape index (κ2) is 7.72. The molecule has 0 unspecified atom stereocenters. The second-order valence-electron chi connectivity index (χ2n) is 6.70. The molecule has 1 aromatic carbocycles. The van der Waals surface area contributed by atoms with Crippen LogP contribution in [0.2, 0.25) is 0 Å². The zero-order valence-corrected chi connectivity index (χ0v) is 15.8. The van der Waals surface area contributed by atoms with Crippen LogP contribution in [0.4, 0.5) is 22.0 Å². The van der Waals surface area contributed by atoms with E-state index in [4.69, 9.17) is 5.26 Å². The number of carbonyl (C=O) groups excluding carboxylic acids is 1. The molecule has 0 aliphatic heterocycles. The average molecular weight is 454 g/mol. The molecule has 1 saturated carbocycles. The van der Waals surface area contributed by atoms with Gasteiger partial charge in [-0.05, 0) is 37.5 Å². The van der Waals surface area contributed by atoms with Crippen molar-refractivity contribution in [2.45, 2.75) is 55.9 Å². The number of hydrogen-bond donors (Lipinski definition) is 2. The Morgan fingerprint density at radius 1 is 1.26 bits per heavy atom. The first-order valence-corrected chi connectivity index (χ1v) is 8.84. The largest absolute Gasteiger partial charge is 0.412 e. The number of nitriles is 1. The molecule has 2 atom stereocenters. The zero-order valence-electron chi connectivity index (χ0n) is 14.2. The lowest BCUT2D eigenvalue weighted by molar-refractivity contribution is -0.164. The SMILES string of the molecule is CC(F)(F)C[C@H](NC1(C#N)CC1)C(=O)N[C@@H](c1ccc(Br)cc1)C(F)(F)F. The van der Waals surface area contributed by atoms with Gasteiger partial charge in [0.15, 0.2) is 6.04 Å². The van der Waals surface area contributed by atoms with Gasteiger partial charge in [0, 0.05) is 10.9 Å². The molecule has 10 heteroatoms. The van der Waals surface area contributed by atoms with Gasteiger partial charge in [-0.1, -0.05) is 28.1 Å². The molecule has 2 rings (SSSR count). The monoisotopic (exact) mass is 453 g/mol. The molecule has 0 spiro atoms. The minimum Gasteiger partial charge on any atom is -0.339 e. The van der Waals surface area contributed by atoms with Gasteiger partial charge in [0.2, 0.25) is 11.8 Å². The van der Waals surface area contributed by atoms with Crippen LogP contribution in [-0.2, 0) is 4.79 Å². The topological polar surface area (TPSA) is 64.9 Å². The molecule has 27 heavy (non-hydrogen) atoms. The Bertz CT molecular complexity index is 720. The fraction of sp³-hybridized carbons (Fsp3) is 0.529. The number of hydrogen-bond acceptors (Lipinski definition) is 3. The fourth-order valence-corrected chi connectivity index (χ4v) is 2.83. The molecule has 1 fully saturated rings. The van der Waals surface area contributed by atoms with Gasteiger partial charge in [0.1, 0.15) is 5.54 Å². The molecule has 0 heterocycles. The summed E-state index contributed by atoms with van der Waals surface area (Å²) in [6.07, 6.45) is -5.15. The Morgan fingerprint density at radius 3 is 2.22 bits per heavy atom. The van der Waals surface area contributed by atoms with Crippen LogP contribution in [0, 0.1) is 11.3 Å². The second-order valence-corrected chi connectivity index (χ2v) is 7.62. The summed E-state index contributed by atoms with van der Waals surface area (Å²) in [4.78, 5) is 12.4. The number of amides is 1. The number of nitrogens with zero attached hydrogens (tertiary/aromatic N) is 1. The summed E-state index contributed by atoms with van der Waals surface area (Å²) < 4.78 is 67.7. The number of halogens is 6. The molecule has 1 aromatic rings. The highest BCUT2D eigenvalue weighted by atomic mass is 79.9. The van der Waals surface area contributed by atoms with Gasteiger partial charge >= 0.3 is 6.18 Å². The third-order valence-electron chi connectivity index (χ3n) is 4.11. The highest BCUT2D eigenvalue weighted by Crippen LogP contribution is 2.37. The van der Waals surface area contributed by atoms with Gasteiger partial charge in [-0.25, -0.2) is 8.78 Å². The van der Waals surface area contributed by atoms with Crippen molar-refractivity contribution < 1.29 is 26.7 Å². The van der Waals surface area contributed by atoms with Crippen LogP contribution in [-0.4, -0.2) is 29.6 Å². The van der Waals surface area contributed by atoms with E-state index < -0.39 is 42.0 Å². The van der Waals surface area contributed by atoms with Gasteiger partial charge in [0.05, 0.1) is 12.1 Å². The standard InChI is InChI=1S/C17H17BrF5N3O/c1-15(19,20)8-12(26-16(9-24)6-7-16)14(27)25-13(17(21,22)23)10-2-4-11(18)5-3-10/h2-5,12-13,26H,6-8H2,1H3,(H,25,27)/t12-,13-/m0/s1. The van der Waals surface area contributed by atoms with Crippen LogP contribution in [0.15, 0.2) is 28.7 Å². The van der Waals surface area contributed by atoms with Crippen molar-refractivity contribution >= 4 is 21.8 Å². The van der Waals surface area contributed by atoms with E-state index in [-0.39, 0.29) is 5.56 Å². The van der Waals surface area contributed by atoms with E-state index in [1.807, 2.05) is 6.07 Å². The van der Waals surface area contributed by atoms with Gasteiger partial charge < -0.3 is 5.32 Å². The average Bonchev–Trinajstić information content (AvgIpc) is 3.31. The molecule has 0 radical (unpaired) electrons. The zero-order chi connectivity index (χ0) is 20.5. The minimum absolute atomic E-state index is 0.234. The quantitative estimate of drug-likeness (QED) is 0.607. The van der Waals surface area contributed by atoms with Gasteiger partial charge in [0.25, 0.3) is 0 Å². The van der Waals surface area contributed by atoms with Crippen LogP contribution >= 0.6 is 15.9 Å². The lowest BCUT2D eigenvalue weighted by Crippen LogP contribution is -2.53. The molecule has 1 aliphatic carbocycles. The maximum absolute atomic E-state index is 13.4. The summed E-state index contributed by atoms with van der Waals surface area (Å²) in [5.41, 5.74) is -1.37. The summed E-state index contributed by atoms with van der Waals surface area (Å²) in [6, 6.07) is 3.01. The normalized spacial score (nSPS) is 18.3. The number of rotatable bonds is 7. The molecule has 0 saturated heterocycles. The lowest BCUT2D eigenvalue weighted by atomic mass is 10.0. The number of benzene rings is 1. The Balaban J connectivity index is 2.23. The molecule has 0 aromatic heterocycles. The van der Waals surface area contributed by atoms with Crippen molar-refractivity contribution in [3.8, 4) is 6.07 Å². The predicted octanol–water partition coefficient (Wildman–Crippen LogP) is 4.23. The lowest BCUT2D eigenvalue weighted by Gasteiger charge is -2.28. The van der Waals surface area contributed by atoms with Crippen molar-refractivity contribution in [2.75, 3.05) is 0 Å². The van der Waals surface area contributed by atoms with Crippen molar-refractivity contribution in [2.24, 2.45) is 0 Å². The minimum atomic E-state index is -4.82. The van der Waals surface area contributed by atoms with E-state index in [1.54, 1.807) is 5.32 Å². The molecular weight excluding hydrogens is 437 g/mol. The van der Waals surface area contributed by atoms with E-state index in [0.717, 1.165) is 0 Å². The molecule has 4 nitrogen and oxygen atoms in total. The summed E-state index contributed by atoms with van der Waals surface area (Å²) in [6.45, 7) is 0.566. The van der Waals surface area contributed by atoms with Crippen LogP contribution in [0.1, 0.15) is 37.8 Å². The van der Waals surface area contributed by atoms with Crippen molar-refractivity contribution in [3.63, 3.8) is 0 Å². The van der Waals surface area contributed by atoms with Crippen LogP contribution in [0.3, 0.4) is 0 Å². The third kappa shape index (κ3) is 6.14. The highest BCUT2D eigenvalue weighted by Gasteiger charge is 2.49. The van der Waals surface area contributed by atoms with E-state index in [1.165, 1.54) is 24.3 Å². The van der Waals surface area contributed by atoms with Crippen LogP contribution in [0.25, 0.3) is 0 Å². The molecule has 2 N–H and O–H groups in total. The molecular formula is C17H17BrF5N3O. The van der Waals surface area contributed by atoms with E-state index in [9.17, 15) is 26.7 Å². The fourth-order valence-electron chi connectivity index (χ4n) is 2.57. The first-order valence-electron chi connectivity index (χ1n) is 8.05. The van der Waals surface area contributed by atoms with Crippen LogP contribution in [0.5, 0.6) is 0 Å². The molecule has 1 amide bonds. The van der Waals surface area contributed by atoms with Crippen molar-refractivity contribution in [1.82, 2.24) is 10.6 Å². The molecule has 148 valence electrons. The summed E-state index contributed by atoms with van der Waals surface area (Å²) in [5, 5.41) is 13.4. The molecule has 1 aliphatic rings. The summed E-state index contributed by atoms with van der Waals surface area (Å²) >= 11 is 3.11. The highest BCUT2D eigenvalue weighted by molar-refractivity contribution is 9.10. The first kappa shape index (κ1) is 21.6. The number of carbonyl (C=O) groups is 1. The van der Waals surface area contributed by atoms with Crippen molar-refractivity contribution in [3.05, 3.63) is 34.3 Å². The Kier molecular flexibility index (Phi) is 6.16. The number of alkyl halides is 5. The summed E-state index contributed by atoms with van der Waals surface area (Å²) in [7, 11) is 0. The maximum Gasteiger partial charge on any atom is 0.412 e. The number of nitrogens with one attached hydrogen (secondary N) is 2. The Labute approximate surface area is 161 Å². The van der Waals surface area contributed by atoms with E-state index in [0.29, 0.717) is 24.2 Å². The van der Waals surface area contributed by atoms with Crippen LogP contribution < -0.4 is 10.6 Å². The first-order chi connectivity index (χ1) is 12.4. The van der Waals surface area contributed by atoms with Gasteiger partial charge in [-0.2, -0.15) is 18.4 Å². The van der Waals surface area contributed by atoms with Gasteiger partial charge in [-0.3, -0.25) is 10.1 Å². The Morgan fingerprint density at radius 2 is 1.81 bits per heavy atom. The third-order valence-corrected chi connectivity index (χ3v) is 4.64. The maximum atomic E-state index is 13.4. The summed E-state index contributed by atoms with van der Waals surface area (Å²) in [5.74, 6) is -4.53. The van der Waals surface area contributed by atoms with E-state index >= 15 is 0 Å². The predicted molar refractivity (Wildman–Crippen MR) is 90.8 cm³/mol. The smallest absolute Gasteiger partial charge is 0.339 e. The molecule has 0 bridgehead atoms.